The van der Waals surface area contributed by atoms with Gasteiger partial charge in [-0.25, -0.2) is 12.8 Å². The van der Waals surface area contributed by atoms with Crippen molar-refractivity contribution in [1.29, 1.82) is 0 Å². The normalized spacial score (nSPS) is 12.3. The summed E-state index contributed by atoms with van der Waals surface area (Å²) in [4.78, 5) is 27.3. The van der Waals surface area contributed by atoms with E-state index >= 15 is 0 Å². The van der Waals surface area contributed by atoms with Gasteiger partial charge >= 0.3 is 0 Å². The van der Waals surface area contributed by atoms with Crippen LogP contribution >= 0.6 is 0 Å². The highest BCUT2D eigenvalue weighted by molar-refractivity contribution is 7.92. The van der Waals surface area contributed by atoms with E-state index in [1.807, 2.05) is 20.8 Å². The highest BCUT2D eigenvalue weighted by atomic mass is 32.2. The fourth-order valence-corrected chi connectivity index (χ4v) is 4.02. The number of nitrogens with one attached hydrogen (secondary N) is 1. The fourth-order valence-electron chi connectivity index (χ4n) is 3.17. The Morgan fingerprint density at radius 1 is 1.03 bits per heavy atom. The van der Waals surface area contributed by atoms with Gasteiger partial charge in [0, 0.05) is 18.7 Å². The third kappa shape index (κ3) is 7.56. The number of aryl methyl sites for hydroxylation is 1. The van der Waals surface area contributed by atoms with Gasteiger partial charge in [-0.15, -0.1) is 0 Å². The summed E-state index contributed by atoms with van der Waals surface area (Å²) >= 11 is 0. The molecule has 0 saturated heterocycles. The number of hydrogen-bond donors (Lipinski definition) is 1. The molecule has 180 valence electrons. The summed E-state index contributed by atoms with van der Waals surface area (Å²) in [7, 11) is -3.80. The Hall–Kier alpha value is -2.94. The predicted octanol–water partition coefficient (Wildman–Crippen LogP) is 3.09. The first kappa shape index (κ1) is 26.3. The number of amides is 2. The van der Waals surface area contributed by atoms with Crippen LogP contribution in [0.1, 0.15) is 31.9 Å². The number of anilines is 1. The molecule has 2 aromatic rings. The Morgan fingerprint density at radius 3 is 2.18 bits per heavy atom. The molecule has 0 aliphatic heterocycles. The summed E-state index contributed by atoms with van der Waals surface area (Å²) in [5, 5.41) is 2.78. The van der Waals surface area contributed by atoms with Crippen LogP contribution in [0.4, 0.5) is 10.1 Å². The lowest BCUT2D eigenvalue weighted by Crippen LogP contribution is -2.51. The van der Waals surface area contributed by atoms with Gasteiger partial charge in [-0.3, -0.25) is 13.9 Å². The molecule has 0 spiro atoms. The van der Waals surface area contributed by atoms with Crippen LogP contribution in [0.3, 0.4) is 0 Å². The number of hydrogen-bond acceptors (Lipinski definition) is 4. The van der Waals surface area contributed by atoms with Crippen molar-refractivity contribution in [3.05, 3.63) is 65.5 Å². The molecule has 0 aliphatic rings. The number of sulfonamides is 1. The first-order valence-corrected chi connectivity index (χ1v) is 12.6. The van der Waals surface area contributed by atoms with Crippen molar-refractivity contribution in [2.45, 2.75) is 40.3 Å². The Balaban J connectivity index is 2.36. The maximum absolute atomic E-state index is 14.3. The molecule has 0 unspecified atom stereocenters. The smallest absolute Gasteiger partial charge is 0.244 e. The average molecular weight is 478 g/mol. The molecule has 0 radical (unpaired) electrons. The molecule has 0 aliphatic carbocycles. The van der Waals surface area contributed by atoms with Crippen LogP contribution in [0, 0.1) is 18.7 Å². The molecule has 33 heavy (non-hydrogen) atoms. The molecule has 9 heteroatoms. The minimum Gasteiger partial charge on any atom is -0.354 e. The minimum atomic E-state index is -3.80. The van der Waals surface area contributed by atoms with Crippen LogP contribution in [0.25, 0.3) is 0 Å². The molecule has 2 amide bonds. The lowest BCUT2D eigenvalue weighted by molar-refractivity contribution is -0.139. The molecule has 0 aromatic heterocycles. The van der Waals surface area contributed by atoms with Gasteiger partial charge < -0.3 is 10.2 Å². The summed E-state index contributed by atoms with van der Waals surface area (Å²) < 4.78 is 40.3. The number of rotatable bonds is 10. The van der Waals surface area contributed by atoms with E-state index in [9.17, 15) is 22.4 Å². The van der Waals surface area contributed by atoms with Gasteiger partial charge in [0.05, 0.1) is 11.9 Å². The third-order valence-electron chi connectivity index (χ3n) is 5.15. The third-order valence-corrected chi connectivity index (χ3v) is 6.29. The van der Waals surface area contributed by atoms with Crippen molar-refractivity contribution < 1.29 is 22.4 Å². The highest BCUT2D eigenvalue weighted by Crippen LogP contribution is 2.20. The summed E-state index contributed by atoms with van der Waals surface area (Å²) in [6.45, 7) is 7.03. The zero-order chi connectivity index (χ0) is 24.8. The van der Waals surface area contributed by atoms with Gasteiger partial charge in [-0.1, -0.05) is 49.7 Å². The van der Waals surface area contributed by atoms with Crippen molar-refractivity contribution >= 4 is 27.5 Å². The van der Waals surface area contributed by atoms with Crippen LogP contribution in [-0.4, -0.2) is 50.5 Å². The zero-order valence-electron chi connectivity index (χ0n) is 19.7. The monoisotopic (exact) mass is 477 g/mol. The molecule has 0 fully saturated rings. The number of nitrogens with zero attached hydrogens (tertiary/aromatic N) is 2. The lowest BCUT2D eigenvalue weighted by atomic mass is 10.1. The van der Waals surface area contributed by atoms with Gasteiger partial charge in [-0.05, 0) is 38.0 Å². The Bertz CT molecular complexity index is 1070. The number of benzene rings is 2. The molecule has 7 nitrogen and oxygen atoms in total. The molecule has 0 bridgehead atoms. The highest BCUT2D eigenvalue weighted by Gasteiger charge is 2.30. The molecule has 0 saturated carbocycles. The van der Waals surface area contributed by atoms with Crippen LogP contribution in [0.5, 0.6) is 0 Å². The molecule has 1 N–H and O–H groups in total. The average Bonchev–Trinajstić information content (AvgIpc) is 2.74. The molecule has 2 rings (SSSR count). The van der Waals surface area contributed by atoms with Crippen LogP contribution < -0.4 is 9.62 Å². The van der Waals surface area contributed by atoms with Crippen molar-refractivity contribution in [2.75, 3.05) is 23.7 Å². The van der Waals surface area contributed by atoms with E-state index in [4.69, 9.17) is 0 Å². The number of carbonyl (C=O) groups is 2. The summed E-state index contributed by atoms with van der Waals surface area (Å²) in [5.74, 6) is -1.31. The second-order valence-corrected chi connectivity index (χ2v) is 10.4. The number of halogens is 1. The SMILES string of the molecule is Cc1ccc(N(CC(=O)N(Cc2ccccc2F)[C@H](C)C(=O)NCC(C)C)S(C)(=O)=O)cc1. The molecular weight excluding hydrogens is 445 g/mol. The van der Waals surface area contributed by atoms with Gasteiger partial charge in [-0.2, -0.15) is 0 Å². The Morgan fingerprint density at radius 2 is 1.64 bits per heavy atom. The first-order chi connectivity index (χ1) is 15.4. The van der Waals surface area contributed by atoms with E-state index in [1.54, 1.807) is 37.3 Å². The Kier molecular flexibility index (Phi) is 8.99. The standard InChI is InChI=1S/C24H32FN3O4S/c1-17(2)14-26-24(30)19(4)27(15-20-8-6-7-9-22(20)25)23(29)16-28(33(5,31)32)21-12-10-18(3)11-13-21/h6-13,17,19H,14-16H2,1-5H3,(H,26,30)/t19-/m1/s1. The van der Waals surface area contributed by atoms with Crippen LogP contribution in [-0.2, 0) is 26.2 Å². The van der Waals surface area contributed by atoms with Crippen molar-refractivity contribution in [1.82, 2.24) is 10.2 Å². The largest absolute Gasteiger partial charge is 0.354 e. The van der Waals surface area contributed by atoms with Crippen molar-refractivity contribution in [3.63, 3.8) is 0 Å². The van der Waals surface area contributed by atoms with E-state index in [0.717, 1.165) is 16.1 Å². The van der Waals surface area contributed by atoms with Crippen LogP contribution in [0.15, 0.2) is 48.5 Å². The quantitative estimate of drug-likeness (QED) is 0.570. The van der Waals surface area contributed by atoms with E-state index in [0.29, 0.717) is 12.2 Å². The van der Waals surface area contributed by atoms with Gasteiger partial charge in [0.2, 0.25) is 21.8 Å². The second-order valence-electron chi connectivity index (χ2n) is 8.53. The van der Waals surface area contributed by atoms with Crippen LogP contribution in [0.2, 0.25) is 0 Å². The molecule has 0 heterocycles. The van der Waals surface area contributed by atoms with E-state index in [1.165, 1.54) is 23.1 Å². The van der Waals surface area contributed by atoms with E-state index in [2.05, 4.69) is 5.32 Å². The van der Waals surface area contributed by atoms with Crippen molar-refractivity contribution in [3.8, 4) is 0 Å². The maximum Gasteiger partial charge on any atom is 0.244 e. The predicted molar refractivity (Wildman–Crippen MR) is 128 cm³/mol. The van der Waals surface area contributed by atoms with Crippen molar-refractivity contribution in [2.24, 2.45) is 5.92 Å². The first-order valence-electron chi connectivity index (χ1n) is 10.7. The van der Waals surface area contributed by atoms with Gasteiger partial charge in [0.25, 0.3) is 0 Å². The lowest BCUT2D eigenvalue weighted by Gasteiger charge is -2.31. The number of carbonyl (C=O) groups excluding carboxylic acids is 2. The topological polar surface area (TPSA) is 86.8 Å². The summed E-state index contributed by atoms with van der Waals surface area (Å²) in [6, 6.07) is 11.8. The summed E-state index contributed by atoms with van der Waals surface area (Å²) in [5.41, 5.74) is 1.50. The molecule has 1 atom stereocenters. The second kappa shape index (κ2) is 11.3. The summed E-state index contributed by atoms with van der Waals surface area (Å²) in [6.07, 6.45) is 1.01. The van der Waals surface area contributed by atoms with E-state index in [-0.39, 0.29) is 18.0 Å². The van der Waals surface area contributed by atoms with E-state index < -0.39 is 40.2 Å². The van der Waals surface area contributed by atoms with Gasteiger partial charge in [0.1, 0.15) is 18.4 Å². The maximum atomic E-state index is 14.3. The fraction of sp³-hybridized carbons (Fsp3) is 0.417. The minimum absolute atomic E-state index is 0.173. The molecule has 2 aromatic carbocycles. The molecular formula is C24H32FN3O4S. The zero-order valence-corrected chi connectivity index (χ0v) is 20.5. The Labute approximate surface area is 195 Å². The van der Waals surface area contributed by atoms with Gasteiger partial charge in [0.15, 0.2) is 0 Å².